The van der Waals surface area contributed by atoms with E-state index in [9.17, 15) is 0 Å². The lowest BCUT2D eigenvalue weighted by atomic mass is 10.5. The van der Waals surface area contributed by atoms with Gasteiger partial charge in [0.05, 0.1) is 6.54 Å². The normalized spacial score (nSPS) is 10.5. The summed E-state index contributed by atoms with van der Waals surface area (Å²) in [5, 5.41) is 8.27. The Labute approximate surface area is 80.5 Å². The third-order valence-electron chi connectivity index (χ3n) is 1.55. The Morgan fingerprint density at radius 2 is 2.50 bits per heavy atom. The molecule has 0 amide bonds. The fourth-order valence-corrected chi connectivity index (χ4v) is 1.24. The average molecular weight is 233 g/mol. The van der Waals surface area contributed by atoms with Crippen molar-refractivity contribution >= 4 is 15.9 Å². The van der Waals surface area contributed by atoms with Crippen LogP contribution in [0.2, 0.25) is 0 Å². The maximum absolute atomic E-state index is 4.13. The fourth-order valence-electron chi connectivity index (χ4n) is 0.956. The third kappa shape index (κ3) is 2.57. The molecule has 0 aliphatic heterocycles. The minimum Gasteiger partial charge on any atom is -0.309 e. The van der Waals surface area contributed by atoms with E-state index in [1.54, 1.807) is 6.33 Å². The number of halogens is 1. The highest BCUT2D eigenvalue weighted by Crippen LogP contribution is 1.92. The minimum absolute atomic E-state index is 0.791. The van der Waals surface area contributed by atoms with Gasteiger partial charge in [-0.1, -0.05) is 15.9 Å². The van der Waals surface area contributed by atoms with Gasteiger partial charge in [-0.05, 0) is 6.92 Å². The van der Waals surface area contributed by atoms with E-state index in [1.165, 1.54) is 0 Å². The van der Waals surface area contributed by atoms with Crippen molar-refractivity contribution in [2.75, 3.05) is 11.9 Å². The number of hydrogen-bond acceptors (Lipinski definition) is 3. The lowest BCUT2D eigenvalue weighted by Gasteiger charge is -2.02. The average Bonchev–Trinajstić information content (AvgIpc) is 2.52. The molecule has 0 spiro atoms. The predicted molar refractivity (Wildman–Crippen MR) is 51.2 cm³/mol. The second-order valence-corrected chi connectivity index (χ2v) is 3.15. The monoisotopic (exact) mass is 232 g/mol. The zero-order valence-electron chi connectivity index (χ0n) is 7.13. The summed E-state index contributed by atoms with van der Waals surface area (Å²) in [5.74, 6) is 0.999. The van der Waals surface area contributed by atoms with Crippen molar-refractivity contribution in [2.24, 2.45) is 0 Å². The standard InChI is InChI=1S/C7H13BrN4/c1-2-12-7(10-6-11-12)5-9-4-3-8/h6,9H,2-5H2,1H3. The summed E-state index contributed by atoms with van der Waals surface area (Å²) < 4.78 is 1.89. The molecule has 4 nitrogen and oxygen atoms in total. The fraction of sp³-hybridized carbons (Fsp3) is 0.714. The Balaban J connectivity index is 2.39. The number of aryl methyl sites for hydroxylation is 1. The molecular weight excluding hydrogens is 220 g/mol. The first kappa shape index (κ1) is 9.67. The van der Waals surface area contributed by atoms with Gasteiger partial charge in [-0.2, -0.15) is 5.10 Å². The molecule has 1 aromatic heterocycles. The smallest absolute Gasteiger partial charge is 0.140 e. The number of nitrogens with zero attached hydrogens (tertiary/aromatic N) is 3. The maximum atomic E-state index is 4.13. The van der Waals surface area contributed by atoms with Gasteiger partial charge in [-0.3, -0.25) is 0 Å². The second kappa shape index (κ2) is 5.27. The predicted octanol–water partition coefficient (Wildman–Crippen LogP) is 0.782. The molecular formula is C7H13BrN4. The van der Waals surface area contributed by atoms with Crippen LogP contribution in [0.4, 0.5) is 0 Å². The summed E-state index contributed by atoms with van der Waals surface area (Å²) in [6, 6.07) is 0. The van der Waals surface area contributed by atoms with E-state index in [2.05, 4.69) is 38.3 Å². The number of alkyl halides is 1. The molecule has 0 aliphatic rings. The van der Waals surface area contributed by atoms with Crippen molar-refractivity contribution in [1.82, 2.24) is 20.1 Å². The topological polar surface area (TPSA) is 42.7 Å². The van der Waals surface area contributed by atoms with E-state index in [0.717, 1.165) is 30.8 Å². The first-order chi connectivity index (χ1) is 5.88. The van der Waals surface area contributed by atoms with Gasteiger partial charge in [0, 0.05) is 18.4 Å². The van der Waals surface area contributed by atoms with Crippen LogP contribution in [0.1, 0.15) is 12.7 Å². The number of rotatable bonds is 5. The Bertz CT molecular complexity index is 223. The van der Waals surface area contributed by atoms with Crippen molar-refractivity contribution < 1.29 is 0 Å². The van der Waals surface area contributed by atoms with Crippen LogP contribution in [0.3, 0.4) is 0 Å². The van der Waals surface area contributed by atoms with Gasteiger partial charge in [-0.25, -0.2) is 9.67 Å². The molecule has 0 saturated carbocycles. The molecule has 0 radical (unpaired) electrons. The lowest BCUT2D eigenvalue weighted by molar-refractivity contribution is 0.582. The van der Waals surface area contributed by atoms with Crippen LogP contribution in [0.15, 0.2) is 6.33 Å². The van der Waals surface area contributed by atoms with Gasteiger partial charge in [-0.15, -0.1) is 0 Å². The highest BCUT2D eigenvalue weighted by molar-refractivity contribution is 9.09. The number of aromatic nitrogens is 3. The molecule has 1 heterocycles. The van der Waals surface area contributed by atoms with Crippen molar-refractivity contribution in [2.45, 2.75) is 20.0 Å². The van der Waals surface area contributed by atoms with Crippen molar-refractivity contribution in [3.63, 3.8) is 0 Å². The van der Waals surface area contributed by atoms with E-state index in [-0.39, 0.29) is 0 Å². The zero-order valence-corrected chi connectivity index (χ0v) is 8.71. The highest BCUT2D eigenvalue weighted by atomic mass is 79.9. The van der Waals surface area contributed by atoms with E-state index in [4.69, 9.17) is 0 Å². The summed E-state index contributed by atoms with van der Waals surface area (Å²) >= 11 is 3.34. The second-order valence-electron chi connectivity index (χ2n) is 2.36. The molecule has 0 fully saturated rings. The van der Waals surface area contributed by atoms with Crippen LogP contribution in [-0.4, -0.2) is 26.6 Å². The van der Waals surface area contributed by atoms with Crippen molar-refractivity contribution in [3.8, 4) is 0 Å². The van der Waals surface area contributed by atoms with Crippen LogP contribution in [0.5, 0.6) is 0 Å². The van der Waals surface area contributed by atoms with Gasteiger partial charge in [0.15, 0.2) is 0 Å². The molecule has 0 saturated heterocycles. The Hall–Kier alpha value is -0.420. The summed E-state index contributed by atoms with van der Waals surface area (Å²) in [7, 11) is 0. The van der Waals surface area contributed by atoms with Crippen LogP contribution >= 0.6 is 15.9 Å². The molecule has 0 aliphatic carbocycles. The zero-order chi connectivity index (χ0) is 8.81. The first-order valence-corrected chi connectivity index (χ1v) is 5.14. The summed E-state index contributed by atoms with van der Waals surface area (Å²) in [6.07, 6.45) is 1.59. The Kier molecular flexibility index (Phi) is 4.24. The molecule has 1 aromatic rings. The molecule has 0 aromatic carbocycles. The SMILES string of the molecule is CCn1ncnc1CNCCBr. The maximum Gasteiger partial charge on any atom is 0.140 e. The molecule has 0 bridgehead atoms. The molecule has 1 N–H and O–H groups in total. The van der Waals surface area contributed by atoms with Gasteiger partial charge in [0.25, 0.3) is 0 Å². The van der Waals surface area contributed by atoms with Crippen molar-refractivity contribution in [3.05, 3.63) is 12.2 Å². The van der Waals surface area contributed by atoms with Gasteiger partial charge in [0.2, 0.25) is 0 Å². The van der Waals surface area contributed by atoms with E-state index < -0.39 is 0 Å². The van der Waals surface area contributed by atoms with Gasteiger partial charge < -0.3 is 5.32 Å². The largest absolute Gasteiger partial charge is 0.309 e. The molecule has 68 valence electrons. The summed E-state index contributed by atoms with van der Waals surface area (Å²) in [6.45, 7) is 4.68. The summed E-state index contributed by atoms with van der Waals surface area (Å²) in [4.78, 5) is 4.13. The van der Waals surface area contributed by atoms with Gasteiger partial charge in [0.1, 0.15) is 12.2 Å². The quantitative estimate of drug-likeness (QED) is 0.603. The minimum atomic E-state index is 0.791. The molecule has 1 rings (SSSR count). The Morgan fingerprint density at radius 1 is 1.67 bits per heavy atom. The summed E-state index contributed by atoms with van der Waals surface area (Å²) in [5.41, 5.74) is 0. The van der Waals surface area contributed by atoms with Crippen LogP contribution in [0, 0.1) is 0 Å². The van der Waals surface area contributed by atoms with E-state index in [0.29, 0.717) is 0 Å². The van der Waals surface area contributed by atoms with Gasteiger partial charge >= 0.3 is 0 Å². The number of nitrogens with one attached hydrogen (secondary N) is 1. The van der Waals surface area contributed by atoms with Crippen LogP contribution < -0.4 is 5.32 Å². The van der Waals surface area contributed by atoms with Crippen LogP contribution in [-0.2, 0) is 13.1 Å². The molecule has 0 unspecified atom stereocenters. The molecule has 0 atom stereocenters. The lowest BCUT2D eigenvalue weighted by Crippen LogP contribution is -2.19. The molecule has 5 heteroatoms. The Morgan fingerprint density at radius 3 is 3.17 bits per heavy atom. The third-order valence-corrected chi connectivity index (χ3v) is 1.95. The van der Waals surface area contributed by atoms with E-state index >= 15 is 0 Å². The van der Waals surface area contributed by atoms with Crippen LogP contribution in [0.25, 0.3) is 0 Å². The molecule has 12 heavy (non-hydrogen) atoms. The highest BCUT2D eigenvalue weighted by Gasteiger charge is 1.99. The number of hydrogen-bond donors (Lipinski definition) is 1. The first-order valence-electron chi connectivity index (χ1n) is 4.01. The van der Waals surface area contributed by atoms with Crippen molar-refractivity contribution in [1.29, 1.82) is 0 Å². The van der Waals surface area contributed by atoms with E-state index in [1.807, 2.05) is 4.68 Å².